The minimum atomic E-state index is -0.430. The molecule has 4 nitrogen and oxygen atoms in total. The highest BCUT2D eigenvalue weighted by atomic mass is 16.5. The summed E-state index contributed by atoms with van der Waals surface area (Å²) in [6.07, 6.45) is 1.90. The fourth-order valence-electron chi connectivity index (χ4n) is 4.65. The van der Waals surface area contributed by atoms with Gasteiger partial charge < -0.3 is 9.64 Å². The molecule has 0 radical (unpaired) electrons. The van der Waals surface area contributed by atoms with E-state index < -0.39 is 5.97 Å². The van der Waals surface area contributed by atoms with Crippen molar-refractivity contribution in [1.29, 1.82) is 0 Å². The number of anilines is 1. The number of nitrogens with zero attached hydrogens (tertiary/aromatic N) is 1. The molecule has 0 heterocycles. The first-order valence-corrected chi connectivity index (χ1v) is 13.6. The van der Waals surface area contributed by atoms with Crippen LogP contribution in [0.2, 0.25) is 0 Å². The van der Waals surface area contributed by atoms with Crippen molar-refractivity contribution in [2.45, 2.75) is 47.1 Å². The zero-order valence-electron chi connectivity index (χ0n) is 23.3. The van der Waals surface area contributed by atoms with E-state index in [1.165, 1.54) is 11.1 Å². The Kier molecular flexibility index (Phi) is 9.32. The molecule has 39 heavy (non-hydrogen) atoms. The molecule has 4 rings (SSSR count). The van der Waals surface area contributed by atoms with Crippen molar-refractivity contribution in [2.24, 2.45) is 11.8 Å². The van der Waals surface area contributed by atoms with Crippen LogP contribution in [0.1, 0.15) is 65.1 Å². The van der Waals surface area contributed by atoms with E-state index in [4.69, 9.17) is 4.74 Å². The second-order valence-corrected chi connectivity index (χ2v) is 10.9. The Morgan fingerprint density at radius 2 is 1.28 bits per heavy atom. The van der Waals surface area contributed by atoms with Crippen molar-refractivity contribution in [3.05, 3.63) is 131 Å². The Balaban J connectivity index is 1.63. The first-order valence-electron chi connectivity index (χ1n) is 13.6. The number of esters is 1. The summed E-state index contributed by atoms with van der Waals surface area (Å²) in [4.78, 5) is 28.5. The fourth-order valence-corrected chi connectivity index (χ4v) is 4.65. The zero-order chi connectivity index (χ0) is 27.8. The molecule has 0 aliphatic heterocycles. The van der Waals surface area contributed by atoms with E-state index in [1.54, 1.807) is 29.2 Å². The van der Waals surface area contributed by atoms with E-state index >= 15 is 0 Å². The Labute approximate surface area is 232 Å². The number of hydrogen-bond donors (Lipinski definition) is 0. The van der Waals surface area contributed by atoms with Gasteiger partial charge in [-0.3, -0.25) is 4.79 Å². The molecule has 0 bridgehead atoms. The van der Waals surface area contributed by atoms with Crippen LogP contribution in [0.15, 0.2) is 103 Å². The predicted molar refractivity (Wildman–Crippen MR) is 158 cm³/mol. The molecule has 0 aliphatic rings. The Hall–Kier alpha value is -4.18. The number of para-hydroxylation sites is 1. The lowest BCUT2D eigenvalue weighted by molar-refractivity contribution is 0.0734. The molecule has 0 aromatic heterocycles. The third kappa shape index (κ3) is 7.90. The van der Waals surface area contributed by atoms with Crippen molar-refractivity contribution in [3.8, 4) is 5.75 Å². The summed E-state index contributed by atoms with van der Waals surface area (Å²) >= 11 is 0. The fraction of sp³-hybridized carbons (Fsp3) is 0.257. The summed E-state index contributed by atoms with van der Waals surface area (Å²) in [7, 11) is 0. The van der Waals surface area contributed by atoms with E-state index in [-0.39, 0.29) is 5.91 Å². The van der Waals surface area contributed by atoms with Gasteiger partial charge in [0.15, 0.2) is 0 Å². The molecule has 0 aliphatic carbocycles. The van der Waals surface area contributed by atoms with E-state index in [0.29, 0.717) is 35.3 Å². The first-order chi connectivity index (χ1) is 18.8. The van der Waals surface area contributed by atoms with Crippen molar-refractivity contribution in [3.63, 3.8) is 0 Å². The maximum Gasteiger partial charge on any atom is 0.343 e. The highest BCUT2D eigenvalue weighted by Crippen LogP contribution is 2.24. The average Bonchev–Trinajstić information content (AvgIpc) is 2.92. The van der Waals surface area contributed by atoms with Gasteiger partial charge in [-0.25, -0.2) is 4.79 Å². The summed E-state index contributed by atoms with van der Waals surface area (Å²) in [6, 6.07) is 32.4. The van der Waals surface area contributed by atoms with E-state index in [1.807, 2.05) is 66.7 Å². The van der Waals surface area contributed by atoms with Crippen molar-refractivity contribution < 1.29 is 14.3 Å². The Bertz CT molecular complexity index is 1390. The summed E-state index contributed by atoms with van der Waals surface area (Å²) in [5.41, 5.74) is 5.16. The van der Waals surface area contributed by atoms with E-state index in [9.17, 15) is 9.59 Å². The Morgan fingerprint density at radius 1 is 0.641 bits per heavy atom. The molecule has 1 amide bonds. The molecule has 0 N–H and O–H groups in total. The quantitative estimate of drug-likeness (QED) is 0.157. The monoisotopic (exact) mass is 519 g/mol. The van der Waals surface area contributed by atoms with Crippen LogP contribution >= 0.6 is 0 Å². The van der Waals surface area contributed by atoms with Gasteiger partial charge in [-0.15, -0.1) is 0 Å². The molecule has 0 saturated heterocycles. The lowest BCUT2D eigenvalue weighted by atomic mass is 10.0. The number of rotatable bonds is 10. The van der Waals surface area contributed by atoms with Crippen molar-refractivity contribution in [2.75, 3.05) is 4.90 Å². The SMILES string of the molecule is CC(C)Cc1ccc(C(=O)N(Cc2cccc(C(=O)Oc3ccccc3)c2)c2cccc(CC(C)C)c2)cc1. The highest BCUT2D eigenvalue weighted by molar-refractivity contribution is 6.06. The van der Waals surface area contributed by atoms with Gasteiger partial charge in [-0.05, 0) is 89.9 Å². The first kappa shape index (κ1) is 27.8. The van der Waals surface area contributed by atoms with Crippen molar-refractivity contribution in [1.82, 2.24) is 0 Å². The maximum atomic E-state index is 13.9. The molecule has 0 fully saturated rings. The van der Waals surface area contributed by atoms with Gasteiger partial charge in [0.05, 0.1) is 12.1 Å². The number of carbonyl (C=O) groups is 2. The second-order valence-electron chi connectivity index (χ2n) is 10.9. The van der Waals surface area contributed by atoms with E-state index in [2.05, 4.69) is 39.8 Å². The summed E-state index contributed by atoms with van der Waals surface area (Å²) in [5.74, 6) is 1.04. The highest BCUT2D eigenvalue weighted by Gasteiger charge is 2.20. The van der Waals surface area contributed by atoms with Crippen LogP contribution in [0.5, 0.6) is 5.75 Å². The molecule has 200 valence electrons. The molecule has 0 spiro atoms. The van der Waals surface area contributed by atoms with Crippen molar-refractivity contribution >= 4 is 17.6 Å². The summed E-state index contributed by atoms with van der Waals surface area (Å²) in [5, 5.41) is 0. The van der Waals surface area contributed by atoms with Gasteiger partial charge >= 0.3 is 5.97 Å². The Morgan fingerprint density at radius 3 is 1.97 bits per heavy atom. The minimum absolute atomic E-state index is 0.0786. The van der Waals surface area contributed by atoms with Crippen LogP contribution in [-0.2, 0) is 19.4 Å². The second kappa shape index (κ2) is 13.1. The molecule has 0 saturated carbocycles. The molecule has 4 heteroatoms. The lowest BCUT2D eigenvalue weighted by Gasteiger charge is -2.24. The van der Waals surface area contributed by atoms with Crippen LogP contribution in [-0.4, -0.2) is 11.9 Å². The topological polar surface area (TPSA) is 46.6 Å². The van der Waals surface area contributed by atoms with Gasteiger partial charge in [0.2, 0.25) is 0 Å². The predicted octanol–water partition coefficient (Wildman–Crippen LogP) is 8.15. The largest absolute Gasteiger partial charge is 0.423 e. The molecule has 0 unspecified atom stereocenters. The third-order valence-electron chi connectivity index (χ3n) is 6.41. The lowest BCUT2D eigenvalue weighted by Crippen LogP contribution is -2.30. The van der Waals surface area contributed by atoms with Gasteiger partial charge in [-0.2, -0.15) is 0 Å². The van der Waals surface area contributed by atoms with Gasteiger partial charge in [0.1, 0.15) is 5.75 Å². The normalized spacial score (nSPS) is 11.0. The van der Waals surface area contributed by atoms with E-state index in [0.717, 1.165) is 24.1 Å². The molecular formula is C35H37NO3. The van der Waals surface area contributed by atoms with Crippen LogP contribution in [0.25, 0.3) is 0 Å². The molecule has 4 aromatic rings. The summed E-state index contributed by atoms with van der Waals surface area (Å²) < 4.78 is 5.53. The number of carbonyl (C=O) groups excluding carboxylic acids is 2. The van der Waals surface area contributed by atoms with Gasteiger partial charge in [0, 0.05) is 11.3 Å². The van der Waals surface area contributed by atoms with Gasteiger partial charge in [-0.1, -0.05) is 82.3 Å². The van der Waals surface area contributed by atoms with Gasteiger partial charge in [0.25, 0.3) is 5.91 Å². The van der Waals surface area contributed by atoms with Crippen LogP contribution in [0.3, 0.4) is 0 Å². The number of hydrogen-bond acceptors (Lipinski definition) is 3. The van der Waals surface area contributed by atoms with Crippen LogP contribution in [0.4, 0.5) is 5.69 Å². The standard InChI is InChI=1S/C35H37NO3/c1-25(2)20-27-16-18-30(19-17-27)34(37)36(32-13-9-10-28(23-32)21-26(3)4)24-29-11-8-12-31(22-29)35(38)39-33-14-6-5-7-15-33/h5-19,22-23,25-26H,20-21,24H2,1-4H3. The molecule has 4 aromatic carbocycles. The molecule has 0 atom stereocenters. The summed E-state index contributed by atoms with van der Waals surface area (Å²) in [6.45, 7) is 9.08. The minimum Gasteiger partial charge on any atom is -0.423 e. The third-order valence-corrected chi connectivity index (χ3v) is 6.41. The molecular weight excluding hydrogens is 482 g/mol. The maximum absolute atomic E-state index is 13.9. The number of ether oxygens (including phenoxy) is 1. The number of amides is 1. The smallest absolute Gasteiger partial charge is 0.343 e. The zero-order valence-corrected chi connectivity index (χ0v) is 23.3. The average molecular weight is 520 g/mol. The van der Waals surface area contributed by atoms with Crippen LogP contribution in [0, 0.1) is 11.8 Å². The van der Waals surface area contributed by atoms with Crippen LogP contribution < -0.4 is 9.64 Å². The number of benzene rings is 4.